The molecule has 10 heavy (non-hydrogen) atoms. The summed E-state index contributed by atoms with van der Waals surface area (Å²) in [5.74, 6) is 0. The first-order chi connectivity index (χ1) is 4.41. The molecule has 52 valence electrons. The largest absolute Gasteiger partial charge is 1.00 e. The Morgan fingerprint density at radius 1 is 1.00 bits per heavy atom. The molecular weight excluding hydrogens is 149 g/mol. The first-order valence-corrected chi connectivity index (χ1v) is 4.05. The molecule has 2 aliphatic rings. The Hall–Kier alpha value is 1.60. The minimum absolute atomic E-state index is 0. The number of rotatable bonds is 0. The first kappa shape index (κ1) is 9.68. The first-order valence-electron chi connectivity index (χ1n) is 4.05. The van der Waals surface area contributed by atoms with E-state index >= 15 is 0 Å². The Kier molecular flexibility index (Phi) is 3.88. The molecule has 1 saturated carbocycles. The van der Waals surface area contributed by atoms with Crippen LogP contribution in [0.5, 0.6) is 0 Å². The molecule has 0 atom stereocenters. The maximum Gasteiger partial charge on any atom is 1.00 e. The quantitative estimate of drug-likeness (QED) is 0.421. The third kappa shape index (κ3) is 1.85. The van der Waals surface area contributed by atoms with Crippen LogP contribution in [0.15, 0.2) is 0 Å². The summed E-state index contributed by atoms with van der Waals surface area (Å²) in [5, 5.41) is 4.42. The molecule has 2 fully saturated rings. The standard InChI is InChI=1S/C8H14N.K/c1-2-4-8(3-1)5-6-9-7-8;/h1-7H2;/q-1;+1. The molecule has 2 rings (SSSR count). The zero-order valence-corrected chi connectivity index (χ0v) is 10.0. The Morgan fingerprint density at radius 3 is 2.20 bits per heavy atom. The molecule has 0 aromatic heterocycles. The van der Waals surface area contributed by atoms with Crippen molar-refractivity contribution in [2.75, 3.05) is 13.1 Å². The molecule has 0 unspecified atom stereocenters. The average molecular weight is 163 g/mol. The monoisotopic (exact) mass is 163 g/mol. The molecule has 1 aliphatic heterocycles. The van der Waals surface area contributed by atoms with Gasteiger partial charge in [-0.15, -0.1) is 13.1 Å². The van der Waals surface area contributed by atoms with Gasteiger partial charge in [0.1, 0.15) is 0 Å². The van der Waals surface area contributed by atoms with Crippen molar-refractivity contribution in [2.24, 2.45) is 5.41 Å². The van der Waals surface area contributed by atoms with E-state index in [-0.39, 0.29) is 51.4 Å². The summed E-state index contributed by atoms with van der Waals surface area (Å²) in [7, 11) is 0. The van der Waals surface area contributed by atoms with Gasteiger partial charge in [0.15, 0.2) is 0 Å². The smallest absolute Gasteiger partial charge is 0.662 e. The average Bonchev–Trinajstić information content (AvgIpc) is 2.45. The molecule has 0 bridgehead atoms. The molecule has 0 amide bonds. The summed E-state index contributed by atoms with van der Waals surface area (Å²) in [5.41, 5.74) is 0.722. The minimum Gasteiger partial charge on any atom is -0.662 e. The van der Waals surface area contributed by atoms with E-state index in [0.717, 1.165) is 12.0 Å². The number of hydrogen-bond acceptors (Lipinski definition) is 0. The Labute approximate surface area is 106 Å². The van der Waals surface area contributed by atoms with Crippen LogP contribution < -0.4 is 51.4 Å². The van der Waals surface area contributed by atoms with Gasteiger partial charge in [0.2, 0.25) is 0 Å². The van der Waals surface area contributed by atoms with Gasteiger partial charge in [-0.25, -0.2) is 0 Å². The Bertz CT molecular complexity index is 84.3. The summed E-state index contributed by atoms with van der Waals surface area (Å²) in [6, 6.07) is 0. The van der Waals surface area contributed by atoms with E-state index in [2.05, 4.69) is 5.32 Å². The van der Waals surface area contributed by atoms with Crippen LogP contribution in [0.25, 0.3) is 5.32 Å². The maximum absolute atomic E-state index is 4.42. The zero-order chi connectivity index (χ0) is 6.16. The molecule has 0 radical (unpaired) electrons. The molecule has 1 saturated heterocycles. The normalized spacial score (nSPS) is 28.8. The SMILES string of the molecule is C1CCC2(C1)CC[N-]C2.[K+]. The summed E-state index contributed by atoms with van der Waals surface area (Å²) in [6.45, 7) is 2.34. The van der Waals surface area contributed by atoms with Crippen LogP contribution >= 0.6 is 0 Å². The van der Waals surface area contributed by atoms with Crippen LogP contribution in [0.4, 0.5) is 0 Å². The second kappa shape index (κ2) is 4.01. The summed E-state index contributed by atoms with van der Waals surface area (Å²) in [4.78, 5) is 0. The minimum atomic E-state index is 0. The van der Waals surface area contributed by atoms with Crippen molar-refractivity contribution >= 4 is 0 Å². The van der Waals surface area contributed by atoms with Gasteiger partial charge in [-0.2, -0.15) is 0 Å². The van der Waals surface area contributed by atoms with Crippen molar-refractivity contribution in [3.05, 3.63) is 5.32 Å². The van der Waals surface area contributed by atoms with Gasteiger partial charge in [-0.1, -0.05) is 24.7 Å². The third-order valence-corrected chi connectivity index (χ3v) is 2.91. The van der Waals surface area contributed by atoms with Gasteiger partial charge >= 0.3 is 51.4 Å². The van der Waals surface area contributed by atoms with Crippen molar-refractivity contribution in [2.45, 2.75) is 32.1 Å². The van der Waals surface area contributed by atoms with Crippen LogP contribution in [0.2, 0.25) is 0 Å². The van der Waals surface area contributed by atoms with E-state index in [1.807, 2.05) is 0 Å². The van der Waals surface area contributed by atoms with E-state index in [1.54, 1.807) is 0 Å². The van der Waals surface area contributed by atoms with E-state index in [1.165, 1.54) is 38.6 Å². The molecule has 0 N–H and O–H groups in total. The second-order valence-corrected chi connectivity index (χ2v) is 3.56. The zero-order valence-electron chi connectivity index (χ0n) is 6.90. The van der Waals surface area contributed by atoms with Crippen LogP contribution in [0.1, 0.15) is 32.1 Å². The number of nitrogens with zero attached hydrogens (tertiary/aromatic N) is 1. The molecule has 2 heteroatoms. The van der Waals surface area contributed by atoms with Crippen molar-refractivity contribution in [1.29, 1.82) is 0 Å². The molecule has 1 heterocycles. The van der Waals surface area contributed by atoms with Crippen LogP contribution in [-0.4, -0.2) is 13.1 Å². The van der Waals surface area contributed by atoms with E-state index in [0.29, 0.717) is 0 Å². The third-order valence-electron chi connectivity index (χ3n) is 2.91. The van der Waals surface area contributed by atoms with Crippen molar-refractivity contribution in [1.82, 2.24) is 0 Å². The predicted molar refractivity (Wildman–Crippen MR) is 38.6 cm³/mol. The van der Waals surface area contributed by atoms with Gasteiger partial charge in [0, 0.05) is 0 Å². The fourth-order valence-electron chi connectivity index (χ4n) is 2.24. The summed E-state index contributed by atoms with van der Waals surface area (Å²) < 4.78 is 0. The second-order valence-electron chi connectivity index (χ2n) is 3.56. The van der Waals surface area contributed by atoms with Gasteiger partial charge in [-0.05, 0) is 12.8 Å². The van der Waals surface area contributed by atoms with Crippen molar-refractivity contribution < 1.29 is 51.4 Å². The molecule has 0 aromatic carbocycles. The van der Waals surface area contributed by atoms with E-state index in [9.17, 15) is 0 Å². The van der Waals surface area contributed by atoms with Crippen LogP contribution in [-0.2, 0) is 0 Å². The summed E-state index contributed by atoms with van der Waals surface area (Å²) >= 11 is 0. The van der Waals surface area contributed by atoms with Gasteiger partial charge in [0.05, 0.1) is 0 Å². The fraction of sp³-hybridized carbons (Fsp3) is 1.00. The van der Waals surface area contributed by atoms with E-state index < -0.39 is 0 Å². The number of hydrogen-bond donors (Lipinski definition) is 0. The van der Waals surface area contributed by atoms with Crippen LogP contribution in [0.3, 0.4) is 0 Å². The van der Waals surface area contributed by atoms with Crippen molar-refractivity contribution in [3.63, 3.8) is 0 Å². The van der Waals surface area contributed by atoms with E-state index in [4.69, 9.17) is 0 Å². The maximum atomic E-state index is 4.42. The Morgan fingerprint density at radius 2 is 1.70 bits per heavy atom. The predicted octanol–water partition coefficient (Wildman–Crippen LogP) is -0.672. The van der Waals surface area contributed by atoms with Gasteiger partial charge in [0.25, 0.3) is 0 Å². The van der Waals surface area contributed by atoms with Gasteiger partial charge in [-0.3, -0.25) is 0 Å². The van der Waals surface area contributed by atoms with Crippen LogP contribution in [0, 0.1) is 5.41 Å². The van der Waals surface area contributed by atoms with Crippen molar-refractivity contribution in [3.8, 4) is 0 Å². The molecule has 0 aromatic rings. The Balaban J connectivity index is 0.000000500. The van der Waals surface area contributed by atoms with Gasteiger partial charge < -0.3 is 5.32 Å². The fourth-order valence-corrected chi connectivity index (χ4v) is 2.24. The molecule has 1 nitrogen and oxygen atoms in total. The molecule has 1 spiro atoms. The molecule has 1 aliphatic carbocycles. The summed E-state index contributed by atoms with van der Waals surface area (Å²) in [6.07, 6.45) is 7.27. The topological polar surface area (TPSA) is 14.1 Å². The molecular formula is C8H14KN.